The fourth-order valence-corrected chi connectivity index (χ4v) is 5.30. The molecule has 0 spiro atoms. The summed E-state index contributed by atoms with van der Waals surface area (Å²) in [6.07, 6.45) is 8.45. The average Bonchev–Trinajstić information content (AvgIpc) is 3.43. The Balaban J connectivity index is 1.22. The first-order chi connectivity index (χ1) is 19.9. The van der Waals surface area contributed by atoms with Gasteiger partial charge in [0.25, 0.3) is 10.0 Å². The smallest absolute Gasteiger partial charge is 0.261 e. The van der Waals surface area contributed by atoms with Crippen LogP contribution in [0.15, 0.2) is 109 Å². The topological polar surface area (TPSA) is 121 Å². The number of para-hydroxylation sites is 2. The predicted octanol–water partition coefficient (Wildman–Crippen LogP) is 5.69. The fourth-order valence-electron chi connectivity index (χ4n) is 4.27. The van der Waals surface area contributed by atoms with E-state index in [0.29, 0.717) is 34.1 Å². The molecular formula is C30H24N6O4S. The molecule has 0 aliphatic carbocycles. The Kier molecular flexibility index (Phi) is 6.78. The Labute approximate surface area is 236 Å². The summed E-state index contributed by atoms with van der Waals surface area (Å²) in [6, 6.07) is 20.7. The number of methoxy groups -OCH3 is 1. The number of aromatic nitrogens is 5. The number of pyridine rings is 1. The van der Waals surface area contributed by atoms with Crippen molar-refractivity contribution in [1.82, 2.24) is 24.7 Å². The van der Waals surface area contributed by atoms with Gasteiger partial charge in [-0.05, 0) is 60.2 Å². The van der Waals surface area contributed by atoms with Gasteiger partial charge in [0.05, 0.1) is 53.0 Å². The van der Waals surface area contributed by atoms with Gasteiger partial charge < -0.3 is 9.47 Å². The highest BCUT2D eigenvalue weighted by atomic mass is 32.2. The van der Waals surface area contributed by atoms with E-state index in [1.807, 2.05) is 43.6 Å². The second kappa shape index (κ2) is 10.7. The van der Waals surface area contributed by atoms with Crippen LogP contribution >= 0.6 is 0 Å². The number of benzene rings is 3. The van der Waals surface area contributed by atoms with Gasteiger partial charge in [0.15, 0.2) is 11.5 Å². The Bertz CT molecular complexity index is 1970. The van der Waals surface area contributed by atoms with Gasteiger partial charge in [-0.15, -0.1) is 0 Å². The summed E-state index contributed by atoms with van der Waals surface area (Å²) >= 11 is 0. The summed E-state index contributed by atoms with van der Waals surface area (Å²) in [4.78, 5) is 13.6. The summed E-state index contributed by atoms with van der Waals surface area (Å²) in [5, 5.41) is 4.20. The van der Waals surface area contributed by atoms with E-state index < -0.39 is 10.0 Å². The largest absolute Gasteiger partial charge is 0.493 e. The van der Waals surface area contributed by atoms with Crippen LogP contribution in [0.5, 0.6) is 17.2 Å². The number of nitrogens with zero attached hydrogens (tertiary/aromatic N) is 5. The molecule has 204 valence electrons. The molecule has 3 heterocycles. The van der Waals surface area contributed by atoms with Crippen molar-refractivity contribution in [1.29, 1.82) is 0 Å². The number of nitrogens with one attached hydrogen (secondary N) is 1. The van der Waals surface area contributed by atoms with Crippen LogP contribution in [0, 0.1) is 0 Å². The van der Waals surface area contributed by atoms with E-state index in [0.717, 1.165) is 22.2 Å². The highest BCUT2D eigenvalue weighted by molar-refractivity contribution is 7.92. The van der Waals surface area contributed by atoms with Crippen molar-refractivity contribution in [2.45, 2.75) is 4.90 Å². The molecule has 0 saturated heterocycles. The first kappa shape index (κ1) is 26.0. The maximum absolute atomic E-state index is 13.1. The molecule has 0 amide bonds. The van der Waals surface area contributed by atoms with Gasteiger partial charge in [-0.3, -0.25) is 19.4 Å². The minimum Gasteiger partial charge on any atom is -0.493 e. The van der Waals surface area contributed by atoms with Crippen LogP contribution in [0.2, 0.25) is 0 Å². The number of anilines is 1. The molecule has 0 saturated carbocycles. The van der Waals surface area contributed by atoms with Crippen LogP contribution in [0.3, 0.4) is 0 Å². The van der Waals surface area contributed by atoms with Crippen LogP contribution in [-0.2, 0) is 17.1 Å². The van der Waals surface area contributed by atoms with Crippen molar-refractivity contribution in [2.75, 3.05) is 11.8 Å². The van der Waals surface area contributed by atoms with E-state index in [-0.39, 0.29) is 4.90 Å². The van der Waals surface area contributed by atoms with Crippen LogP contribution < -0.4 is 14.2 Å². The third kappa shape index (κ3) is 5.56. The molecule has 0 atom stereocenters. The second-order valence-corrected chi connectivity index (χ2v) is 10.8. The molecule has 0 unspecified atom stereocenters. The summed E-state index contributed by atoms with van der Waals surface area (Å²) in [5.41, 5.74) is 4.89. The highest BCUT2D eigenvalue weighted by Gasteiger charge is 2.16. The molecule has 41 heavy (non-hydrogen) atoms. The lowest BCUT2D eigenvalue weighted by atomic mass is 10.1. The number of hydrogen-bond acceptors (Lipinski definition) is 8. The molecule has 11 heteroatoms. The van der Waals surface area contributed by atoms with E-state index in [4.69, 9.17) is 14.5 Å². The normalized spacial score (nSPS) is 11.4. The van der Waals surface area contributed by atoms with Gasteiger partial charge in [-0.25, -0.2) is 13.4 Å². The third-order valence-corrected chi connectivity index (χ3v) is 7.69. The Morgan fingerprint density at radius 2 is 1.61 bits per heavy atom. The van der Waals surface area contributed by atoms with Crippen LogP contribution in [0.4, 0.5) is 5.69 Å². The second-order valence-electron chi connectivity index (χ2n) is 9.15. The molecular weight excluding hydrogens is 540 g/mol. The lowest BCUT2D eigenvalue weighted by molar-refractivity contribution is 0.379. The van der Waals surface area contributed by atoms with Crippen LogP contribution in [-0.4, -0.2) is 40.3 Å². The predicted molar refractivity (Wildman–Crippen MR) is 155 cm³/mol. The van der Waals surface area contributed by atoms with E-state index in [1.165, 1.54) is 18.3 Å². The molecule has 1 N–H and O–H groups in total. The molecule has 0 fully saturated rings. The van der Waals surface area contributed by atoms with Gasteiger partial charge in [-0.2, -0.15) is 5.10 Å². The third-order valence-electron chi connectivity index (χ3n) is 6.30. The fraction of sp³-hybridized carbons (Fsp3) is 0.0667. The lowest BCUT2D eigenvalue weighted by Gasteiger charge is -2.12. The molecule has 6 aromatic rings. The first-order valence-corrected chi connectivity index (χ1v) is 14.0. The number of aryl methyl sites for hydroxylation is 1. The summed E-state index contributed by atoms with van der Waals surface area (Å²) in [6.45, 7) is 0. The van der Waals surface area contributed by atoms with Crippen molar-refractivity contribution >= 4 is 26.7 Å². The Morgan fingerprint density at radius 1 is 0.805 bits per heavy atom. The van der Waals surface area contributed by atoms with E-state index in [1.54, 1.807) is 60.7 Å². The summed E-state index contributed by atoms with van der Waals surface area (Å²) < 4.78 is 41.8. The quantitative estimate of drug-likeness (QED) is 0.250. The monoisotopic (exact) mass is 564 g/mol. The zero-order chi connectivity index (χ0) is 28.4. The standard InChI is InChI=1S/C30H24N6O4S/c1-36-19-22(16-33-36)28-18-32-26-12-7-20(14-27(26)34-28)21-13-23(17-31-15-21)35-41(37,38)25-10-8-24(9-11-25)40-30-6-4-3-5-29(30)39-2/h3-19,35H,1-2H3. The van der Waals surface area contributed by atoms with E-state index >= 15 is 0 Å². The molecule has 10 nitrogen and oxygen atoms in total. The van der Waals surface area contributed by atoms with Crippen molar-refractivity contribution in [3.05, 3.63) is 104 Å². The number of hydrogen-bond donors (Lipinski definition) is 1. The number of fused-ring (bicyclic) bond motifs is 1. The molecule has 3 aromatic carbocycles. The lowest BCUT2D eigenvalue weighted by Crippen LogP contribution is -2.13. The van der Waals surface area contributed by atoms with E-state index in [9.17, 15) is 8.42 Å². The van der Waals surface area contributed by atoms with Crippen LogP contribution in [0.25, 0.3) is 33.4 Å². The maximum Gasteiger partial charge on any atom is 0.261 e. The SMILES string of the molecule is COc1ccccc1Oc1ccc(S(=O)(=O)Nc2cncc(-c3ccc4ncc(-c5cnn(C)c5)nc4c3)c2)cc1. The molecule has 0 aliphatic rings. The van der Waals surface area contributed by atoms with Crippen molar-refractivity contribution in [3.63, 3.8) is 0 Å². The molecule has 3 aromatic heterocycles. The minimum atomic E-state index is -3.88. The van der Waals surface area contributed by atoms with E-state index in [2.05, 4.69) is 19.8 Å². The van der Waals surface area contributed by atoms with Crippen molar-refractivity contribution in [3.8, 4) is 39.6 Å². The minimum absolute atomic E-state index is 0.0826. The Hall–Kier alpha value is -5.29. The first-order valence-electron chi connectivity index (χ1n) is 12.5. The molecule has 0 bridgehead atoms. The summed E-state index contributed by atoms with van der Waals surface area (Å²) in [7, 11) is -0.483. The maximum atomic E-state index is 13.1. The van der Waals surface area contributed by atoms with Gasteiger partial charge in [-0.1, -0.05) is 18.2 Å². The van der Waals surface area contributed by atoms with Crippen molar-refractivity contribution in [2.24, 2.45) is 7.05 Å². The number of ether oxygens (including phenoxy) is 2. The zero-order valence-electron chi connectivity index (χ0n) is 22.1. The van der Waals surface area contributed by atoms with Gasteiger partial charge >= 0.3 is 0 Å². The molecule has 0 aliphatic heterocycles. The Morgan fingerprint density at radius 3 is 2.37 bits per heavy atom. The number of rotatable bonds is 8. The highest BCUT2D eigenvalue weighted by Crippen LogP contribution is 2.32. The van der Waals surface area contributed by atoms with Crippen molar-refractivity contribution < 1.29 is 17.9 Å². The summed E-state index contributed by atoms with van der Waals surface area (Å²) in [5.74, 6) is 1.58. The molecule has 0 radical (unpaired) electrons. The van der Waals surface area contributed by atoms with Gasteiger partial charge in [0, 0.05) is 30.6 Å². The average molecular weight is 565 g/mol. The molecule has 6 rings (SSSR count). The zero-order valence-corrected chi connectivity index (χ0v) is 22.9. The van der Waals surface area contributed by atoms with Gasteiger partial charge in [0.2, 0.25) is 0 Å². The van der Waals surface area contributed by atoms with Crippen LogP contribution in [0.1, 0.15) is 0 Å². The number of sulfonamides is 1. The van der Waals surface area contributed by atoms with Gasteiger partial charge in [0.1, 0.15) is 5.75 Å².